The number of halogens is 4. The van der Waals surface area contributed by atoms with Crippen molar-refractivity contribution in [1.82, 2.24) is 21.3 Å². The van der Waals surface area contributed by atoms with Crippen LogP contribution in [0.3, 0.4) is 0 Å². The average molecular weight is 1330 g/mol. The van der Waals surface area contributed by atoms with Crippen LogP contribution < -0.4 is 21.3 Å². The fraction of sp³-hybridized carbons (Fsp3) is 0.273. The number of amides is 4. The molecule has 0 saturated heterocycles. The van der Waals surface area contributed by atoms with Gasteiger partial charge in [-0.3, -0.25) is 19.2 Å². The van der Waals surface area contributed by atoms with Gasteiger partial charge in [-0.2, -0.15) is 0 Å². The summed E-state index contributed by atoms with van der Waals surface area (Å²) in [4.78, 5) is 51.6. The molecule has 0 bridgehead atoms. The summed E-state index contributed by atoms with van der Waals surface area (Å²) in [5.41, 5.74) is 1.75. The van der Waals surface area contributed by atoms with Crippen molar-refractivity contribution in [1.29, 1.82) is 0 Å². The maximum absolute atomic E-state index is 13.2. The molecule has 0 atom stereocenters. The highest BCUT2D eigenvalue weighted by atomic mass is 79.9. The number of hydrogen-bond acceptors (Lipinski definition) is 20. The first kappa shape index (κ1) is 59.7. The molecule has 0 aliphatic heterocycles. The quantitative estimate of drug-likeness (QED) is 0.00913. The summed E-state index contributed by atoms with van der Waals surface area (Å²) in [7, 11) is 5.66. The van der Waals surface area contributed by atoms with E-state index in [2.05, 4.69) is 106 Å². The van der Waals surface area contributed by atoms with Crippen LogP contribution in [-0.2, 0) is 44.9 Å². The molecule has 4 aromatic rings. The molecule has 0 aromatic heterocycles. The minimum absolute atomic E-state index is 0.0333. The van der Waals surface area contributed by atoms with Crippen molar-refractivity contribution in [3.63, 3.8) is 0 Å². The van der Waals surface area contributed by atoms with E-state index in [0.29, 0.717) is 54.2 Å². The zero-order valence-corrected chi connectivity index (χ0v) is 47.0. The molecule has 0 heterocycles. The summed E-state index contributed by atoms with van der Waals surface area (Å²) < 4.78 is 1.16. The molecular weight excluding hydrogens is 1280 g/mol. The van der Waals surface area contributed by atoms with Gasteiger partial charge in [0.1, 0.15) is 45.8 Å². The van der Waals surface area contributed by atoms with Crippen molar-refractivity contribution in [2.45, 2.75) is 25.7 Å². The van der Waals surface area contributed by atoms with Crippen LogP contribution in [0.1, 0.15) is 22.3 Å². The normalized spacial score (nSPS) is 12.1. The van der Waals surface area contributed by atoms with Gasteiger partial charge in [0, 0.05) is 86.0 Å². The fourth-order valence-electron chi connectivity index (χ4n) is 6.23. The van der Waals surface area contributed by atoms with Gasteiger partial charge in [-0.1, -0.05) is 88.1 Å². The SMILES string of the molecule is O=C(NCCSSCCNC(=O)/C(Cc1ccc(O)c(Br)c1-c1c(C/C(=N\O)C(=O)NCCSSCCNC(=O)/C(Cc2ccc(O)c(Br)c2)=N/O)ccc(O)c1Br)=N/O)/C(Cc1ccc(O)c(Br)c1)=N/O. The molecule has 12 N–H and O–H groups in total. The number of hydrogen-bond donors (Lipinski definition) is 12. The maximum atomic E-state index is 13.2. The zero-order valence-electron chi connectivity index (χ0n) is 37.4. The van der Waals surface area contributed by atoms with Crippen molar-refractivity contribution in [2.24, 2.45) is 20.6 Å². The standard InChI is InChI=1S/C44H46Br4N8O12S4/c45-27-17-23(1-5-33(27)57)19-29(53-65)41(61)49-9-13-69-71-15-11-51-43(63)31(55-67)21-25-3-7-35(59)39(47)37(25)38-26(4-8-36(60)40(38)48)22-32(56-68)44(64)52-12-16-72-70-14-10-50-42(62)30(54-66)20-24-2-6-34(58)28(46)18-24/h1-8,17-18,57-60,65-68H,9-16,19-22H2,(H,49,61)(H,50,62)(H,51,63)(H,52,64)/b53-29+,54-30+,55-31+,56-32+. The molecule has 4 aromatic carbocycles. The first-order chi connectivity index (χ1) is 34.5. The summed E-state index contributed by atoms with van der Waals surface area (Å²) in [6.07, 6.45) is -0.444. The molecule has 0 fully saturated rings. The molecule has 0 aliphatic rings. The van der Waals surface area contributed by atoms with Crippen LogP contribution in [0.15, 0.2) is 99.2 Å². The highest BCUT2D eigenvalue weighted by Gasteiger charge is 2.26. The number of oxime groups is 4. The predicted molar refractivity (Wildman–Crippen MR) is 296 cm³/mol. The van der Waals surface area contributed by atoms with Crippen molar-refractivity contribution in [3.8, 4) is 34.1 Å². The number of rotatable bonds is 27. The lowest BCUT2D eigenvalue weighted by atomic mass is 9.90. The first-order valence-corrected chi connectivity index (χ1v) is 29.1. The number of carbonyl (C=O) groups excluding carboxylic acids is 4. The van der Waals surface area contributed by atoms with E-state index in [4.69, 9.17) is 0 Å². The van der Waals surface area contributed by atoms with E-state index in [-0.39, 0.29) is 118 Å². The summed E-state index contributed by atoms with van der Waals surface area (Å²) in [5.74, 6) is -1.00. The largest absolute Gasteiger partial charge is 0.507 e. The van der Waals surface area contributed by atoms with Gasteiger partial charge in [0.05, 0.1) is 17.9 Å². The van der Waals surface area contributed by atoms with Gasteiger partial charge in [-0.05, 0) is 122 Å². The molecule has 72 heavy (non-hydrogen) atoms. The third-order valence-corrected chi connectivity index (χ3v) is 17.4. The van der Waals surface area contributed by atoms with Gasteiger partial charge < -0.3 is 62.5 Å². The van der Waals surface area contributed by atoms with Gasteiger partial charge >= 0.3 is 0 Å². The smallest absolute Gasteiger partial charge is 0.269 e. The number of phenols is 4. The Morgan fingerprint density at radius 2 is 0.694 bits per heavy atom. The Hall–Kier alpha value is -4.84. The molecule has 0 radical (unpaired) electrons. The molecule has 4 amide bonds. The van der Waals surface area contributed by atoms with Crippen molar-refractivity contribution >= 4 is 153 Å². The Morgan fingerprint density at radius 3 is 0.972 bits per heavy atom. The van der Waals surface area contributed by atoms with Crippen LogP contribution in [0.2, 0.25) is 0 Å². The molecule has 0 aliphatic carbocycles. The monoisotopic (exact) mass is 1320 g/mol. The lowest BCUT2D eigenvalue weighted by Crippen LogP contribution is -2.34. The minimum Gasteiger partial charge on any atom is -0.507 e. The van der Waals surface area contributed by atoms with E-state index in [0.717, 1.165) is 0 Å². The van der Waals surface area contributed by atoms with Crippen LogP contribution in [0, 0.1) is 0 Å². The lowest BCUT2D eigenvalue weighted by molar-refractivity contribution is -0.115. The van der Waals surface area contributed by atoms with Gasteiger partial charge in [0.15, 0.2) is 0 Å². The van der Waals surface area contributed by atoms with Gasteiger partial charge in [-0.15, -0.1) is 0 Å². The number of carbonyl (C=O) groups is 4. The summed E-state index contributed by atoms with van der Waals surface area (Å²) in [6.45, 7) is 0.865. The summed E-state index contributed by atoms with van der Waals surface area (Å²) >= 11 is 13.2. The highest BCUT2D eigenvalue weighted by Crippen LogP contribution is 2.46. The fourth-order valence-corrected chi connectivity index (χ4v) is 11.9. The lowest BCUT2D eigenvalue weighted by Gasteiger charge is -2.19. The highest BCUT2D eigenvalue weighted by molar-refractivity contribution is 9.11. The Balaban J connectivity index is 1.26. The Bertz CT molecular complexity index is 2540. The third-order valence-electron chi connectivity index (χ3n) is 9.73. The summed E-state index contributed by atoms with van der Waals surface area (Å²) in [5, 5.41) is 103. The van der Waals surface area contributed by atoms with E-state index in [9.17, 15) is 60.4 Å². The third kappa shape index (κ3) is 18.3. The molecule has 20 nitrogen and oxygen atoms in total. The maximum Gasteiger partial charge on any atom is 0.269 e. The molecule has 28 heteroatoms. The van der Waals surface area contributed by atoms with E-state index in [1.54, 1.807) is 24.3 Å². The van der Waals surface area contributed by atoms with Crippen molar-refractivity contribution in [3.05, 3.63) is 101 Å². The van der Waals surface area contributed by atoms with Crippen LogP contribution >= 0.6 is 107 Å². The van der Waals surface area contributed by atoms with Crippen LogP contribution in [0.25, 0.3) is 11.1 Å². The minimum atomic E-state index is -0.689. The zero-order chi connectivity index (χ0) is 52.7. The van der Waals surface area contributed by atoms with Crippen LogP contribution in [0.4, 0.5) is 0 Å². The molecule has 386 valence electrons. The number of aromatic hydroxyl groups is 4. The number of nitrogens with one attached hydrogen (secondary N) is 4. The van der Waals surface area contributed by atoms with Crippen LogP contribution in [-0.4, -0.2) is 137 Å². The second-order valence-corrected chi connectivity index (χ2v) is 23.3. The first-order valence-electron chi connectivity index (χ1n) is 20.9. The second kappa shape index (κ2) is 31.0. The Morgan fingerprint density at radius 1 is 0.417 bits per heavy atom. The van der Waals surface area contributed by atoms with E-state index in [1.165, 1.54) is 79.6 Å². The van der Waals surface area contributed by atoms with Gasteiger partial charge in [-0.25, -0.2) is 0 Å². The van der Waals surface area contributed by atoms with Crippen molar-refractivity contribution in [2.75, 3.05) is 49.2 Å². The van der Waals surface area contributed by atoms with E-state index < -0.39 is 23.6 Å². The average Bonchev–Trinajstić information content (AvgIpc) is 3.36. The number of phenolic OH excluding ortho intramolecular Hbond substituents is 4. The van der Waals surface area contributed by atoms with E-state index in [1.807, 2.05) is 0 Å². The molecule has 0 unspecified atom stereocenters. The Labute approximate surface area is 461 Å². The van der Waals surface area contributed by atoms with Crippen molar-refractivity contribution < 1.29 is 60.4 Å². The molecule has 4 rings (SSSR count). The molecule has 0 spiro atoms. The topological polar surface area (TPSA) is 328 Å². The van der Waals surface area contributed by atoms with E-state index >= 15 is 0 Å². The Kier molecular flexibility index (Phi) is 25.7. The number of nitrogens with zero attached hydrogens (tertiary/aromatic N) is 4. The molecular formula is C44H46Br4N8O12S4. The molecule has 0 saturated carbocycles. The summed E-state index contributed by atoms with van der Waals surface area (Å²) in [6, 6.07) is 15.0. The predicted octanol–water partition coefficient (Wildman–Crippen LogP) is 7.34. The van der Waals surface area contributed by atoms with Gasteiger partial charge in [0.25, 0.3) is 23.6 Å². The second-order valence-electron chi connectivity index (χ2n) is 14.6. The van der Waals surface area contributed by atoms with Gasteiger partial charge in [0.2, 0.25) is 0 Å². The number of benzene rings is 4. The van der Waals surface area contributed by atoms with Crippen LogP contribution in [0.5, 0.6) is 23.0 Å².